The lowest BCUT2D eigenvalue weighted by Crippen LogP contribution is -2.40. The highest BCUT2D eigenvalue weighted by atomic mass is 16.5. The maximum absolute atomic E-state index is 10.9. The van der Waals surface area contributed by atoms with Crippen molar-refractivity contribution in [2.45, 2.75) is 18.9 Å². The SMILES string of the molecule is CNC(=O)C1CC(OC)C1. The van der Waals surface area contributed by atoms with E-state index in [9.17, 15) is 4.79 Å². The van der Waals surface area contributed by atoms with Crippen LogP contribution in [0.4, 0.5) is 0 Å². The molecular formula is C7H13NO2. The highest BCUT2D eigenvalue weighted by Gasteiger charge is 2.33. The number of methoxy groups -OCH3 is 1. The molecule has 3 heteroatoms. The summed E-state index contributed by atoms with van der Waals surface area (Å²) in [5.41, 5.74) is 0. The van der Waals surface area contributed by atoms with Crippen molar-refractivity contribution in [1.29, 1.82) is 0 Å². The van der Waals surface area contributed by atoms with Crippen LogP contribution < -0.4 is 5.32 Å². The van der Waals surface area contributed by atoms with Gasteiger partial charge in [0.05, 0.1) is 6.10 Å². The third kappa shape index (κ3) is 1.29. The first kappa shape index (κ1) is 7.54. The fourth-order valence-electron chi connectivity index (χ4n) is 1.18. The Labute approximate surface area is 60.7 Å². The molecule has 1 aliphatic carbocycles. The van der Waals surface area contributed by atoms with Crippen molar-refractivity contribution < 1.29 is 9.53 Å². The minimum atomic E-state index is 0.147. The molecule has 0 aromatic heterocycles. The second kappa shape index (κ2) is 3.01. The molecular weight excluding hydrogens is 130 g/mol. The molecule has 1 saturated carbocycles. The van der Waals surface area contributed by atoms with E-state index in [0.29, 0.717) is 6.10 Å². The molecule has 0 saturated heterocycles. The van der Waals surface area contributed by atoms with Gasteiger partial charge in [-0.25, -0.2) is 0 Å². The van der Waals surface area contributed by atoms with Crippen LogP contribution in [0.2, 0.25) is 0 Å². The second-order valence-corrected chi connectivity index (χ2v) is 2.64. The van der Waals surface area contributed by atoms with Crippen LogP contribution in [0.3, 0.4) is 0 Å². The van der Waals surface area contributed by atoms with Gasteiger partial charge < -0.3 is 10.1 Å². The van der Waals surface area contributed by atoms with E-state index in [-0.39, 0.29) is 11.8 Å². The average molecular weight is 143 g/mol. The Bertz CT molecular complexity index is 130. The Hall–Kier alpha value is -0.570. The summed E-state index contributed by atoms with van der Waals surface area (Å²) in [6.07, 6.45) is 2.09. The molecule has 0 radical (unpaired) electrons. The summed E-state index contributed by atoms with van der Waals surface area (Å²) in [7, 11) is 3.35. The zero-order chi connectivity index (χ0) is 7.56. The molecule has 1 aliphatic rings. The lowest BCUT2D eigenvalue weighted by Gasteiger charge is -2.32. The first-order valence-electron chi connectivity index (χ1n) is 3.52. The van der Waals surface area contributed by atoms with Crippen molar-refractivity contribution in [3.8, 4) is 0 Å². The van der Waals surface area contributed by atoms with Crippen molar-refractivity contribution in [2.75, 3.05) is 14.2 Å². The van der Waals surface area contributed by atoms with Gasteiger partial charge in [-0.05, 0) is 12.8 Å². The van der Waals surface area contributed by atoms with Crippen LogP contribution in [-0.2, 0) is 9.53 Å². The summed E-state index contributed by atoms with van der Waals surface area (Å²) in [5, 5.41) is 2.62. The maximum atomic E-state index is 10.9. The zero-order valence-electron chi connectivity index (χ0n) is 6.39. The van der Waals surface area contributed by atoms with Gasteiger partial charge in [0.15, 0.2) is 0 Å². The highest BCUT2D eigenvalue weighted by molar-refractivity contribution is 5.79. The van der Waals surface area contributed by atoms with E-state index in [1.54, 1.807) is 14.2 Å². The van der Waals surface area contributed by atoms with Crippen LogP contribution in [0, 0.1) is 5.92 Å². The number of hydrogen-bond donors (Lipinski definition) is 1. The molecule has 0 spiro atoms. The summed E-state index contributed by atoms with van der Waals surface area (Å²) in [6.45, 7) is 0. The summed E-state index contributed by atoms with van der Waals surface area (Å²) in [4.78, 5) is 10.9. The monoisotopic (exact) mass is 143 g/mol. The quantitative estimate of drug-likeness (QED) is 0.598. The van der Waals surface area contributed by atoms with E-state index >= 15 is 0 Å². The molecule has 0 aliphatic heterocycles. The van der Waals surface area contributed by atoms with Crippen LogP contribution in [-0.4, -0.2) is 26.2 Å². The summed E-state index contributed by atoms with van der Waals surface area (Å²) < 4.78 is 5.03. The van der Waals surface area contributed by atoms with E-state index in [0.717, 1.165) is 12.8 Å². The minimum Gasteiger partial charge on any atom is -0.381 e. The molecule has 1 rings (SSSR count). The van der Waals surface area contributed by atoms with Gasteiger partial charge in [-0.2, -0.15) is 0 Å². The molecule has 1 fully saturated rings. The molecule has 0 aromatic carbocycles. The van der Waals surface area contributed by atoms with Gasteiger partial charge in [0, 0.05) is 20.1 Å². The first-order chi connectivity index (χ1) is 4.77. The van der Waals surface area contributed by atoms with Gasteiger partial charge in [0.25, 0.3) is 0 Å². The van der Waals surface area contributed by atoms with Gasteiger partial charge in [0.1, 0.15) is 0 Å². The van der Waals surface area contributed by atoms with E-state index in [1.807, 2.05) is 0 Å². The molecule has 0 heterocycles. The Kier molecular flexibility index (Phi) is 2.27. The smallest absolute Gasteiger partial charge is 0.223 e. The Morgan fingerprint density at radius 1 is 1.60 bits per heavy atom. The fraction of sp³-hybridized carbons (Fsp3) is 0.857. The summed E-state index contributed by atoms with van der Waals surface area (Å²) in [6, 6.07) is 0. The van der Waals surface area contributed by atoms with Gasteiger partial charge in [-0.15, -0.1) is 0 Å². The topological polar surface area (TPSA) is 38.3 Å². The van der Waals surface area contributed by atoms with Gasteiger partial charge in [-0.1, -0.05) is 0 Å². The molecule has 0 unspecified atom stereocenters. The van der Waals surface area contributed by atoms with E-state index in [2.05, 4.69) is 5.32 Å². The second-order valence-electron chi connectivity index (χ2n) is 2.64. The first-order valence-corrected chi connectivity index (χ1v) is 3.52. The Morgan fingerprint density at radius 3 is 2.60 bits per heavy atom. The molecule has 10 heavy (non-hydrogen) atoms. The van der Waals surface area contributed by atoms with Crippen molar-refractivity contribution >= 4 is 5.91 Å². The lowest BCUT2D eigenvalue weighted by molar-refractivity contribution is -0.132. The summed E-state index contributed by atoms with van der Waals surface area (Å²) in [5.74, 6) is 0.350. The maximum Gasteiger partial charge on any atom is 0.223 e. The predicted molar refractivity (Wildman–Crippen MR) is 37.6 cm³/mol. The molecule has 0 bridgehead atoms. The lowest BCUT2D eigenvalue weighted by atomic mass is 9.82. The zero-order valence-corrected chi connectivity index (χ0v) is 6.39. The molecule has 3 nitrogen and oxygen atoms in total. The highest BCUT2D eigenvalue weighted by Crippen LogP contribution is 2.29. The predicted octanol–water partition coefficient (Wildman–Crippen LogP) is 0.157. The molecule has 0 aromatic rings. The van der Waals surface area contributed by atoms with Crippen molar-refractivity contribution in [3.63, 3.8) is 0 Å². The van der Waals surface area contributed by atoms with E-state index in [1.165, 1.54) is 0 Å². The molecule has 58 valence electrons. The number of hydrogen-bond acceptors (Lipinski definition) is 2. The minimum absolute atomic E-state index is 0.147. The number of carbonyl (C=O) groups excluding carboxylic acids is 1. The van der Waals surface area contributed by atoms with Crippen LogP contribution in [0.25, 0.3) is 0 Å². The van der Waals surface area contributed by atoms with Crippen molar-refractivity contribution in [2.24, 2.45) is 5.92 Å². The van der Waals surface area contributed by atoms with E-state index in [4.69, 9.17) is 4.74 Å². The van der Waals surface area contributed by atoms with Gasteiger partial charge >= 0.3 is 0 Å². The van der Waals surface area contributed by atoms with Gasteiger partial charge in [0.2, 0.25) is 5.91 Å². The number of rotatable bonds is 2. The van der Waals surface area contributed by atoms with Crippen LogP contribution in [0.5, 0.6) is 0 Å². The van der Waals surface area contributed by atoms with Crippen molar-refractivity contribution in [1.82, 2.24) is 5.32 Å². The molecule has 0 atom stereocenters. The third-order valence-corrected chi connectivity index (χ3v) is 2.05. The standard InChI is InChI=1S/C7H13NO2/c1-8-7(9)5-3-6(4-5)10-2/h5-6H,3-4H2,1-2H3,(H,8,9). The van der Waals surface area contributed by atoms with Crippen molar-refractivity contribution in [3.05, 3.63) is 0 Å². The van der Waals surface area contributed by atoms with Crippen LogP contribution in [0.1, 0.15) is 12.8 Å². The van der Waals surface area contributed by atoms with E-state index < -0.39 is 0 Å². The van der Waals surface area contributed by atoms with Crippen LogP contribution in [0.15, 0.2) is 0 Å². The summed E-state index contributed by atoms with van der Waals surface area (Å²) >= 11 is 0. The molecule has 1 amide bonds. The Morgan fingerprint density at radius 2 is 2.20 bits per heavy atom. The number of ether oxygens (including phenoxy) is 1. The normalized spacial score (nSPS) is 31.0. The number of amides is 1. The number of nitrogens with one attached hydrogen (secondary N) is 1. The largest absolute Gasteiger partial charge is 0.381 e. The molecule has 1 N–H and O–H groups in total. The van der Waals surface area contributed by atoms with Crippen LogP contribution >= 0.6 is 0 Å². The number of carbonyl (C=O) groups is 1. The fourth-order valence-corrected chi connectivity index (χ4v) is 1.18. The Balaban J connectivity index is 2.19. The van der Waals surface area contributed by atoms with Gasteiger partial charge in [-0.3, -0.25) is 4.79 Å². The third-order valence-electron chi connectivity index (χ3n) is 2.05. The average Bonchev–Trinajstić information content (AvgIpc) is 1.85.